The first-order valence-corrected chi connectivity index (χ1v) is 7.95. The molecule has 1 N–H and O–H groups in total. The predicted molar refractivity (Wildman–Crippen MR) is 79.8 cm³/mol. The maximum atomic E-state index is 13.9. The Morgan fingerprint density at radius 3 is 2.89 bits per heavy atom. The number of benzene rings is 1. The fraction of sp³-hybridized carbons (Fsp3) is 0.357. The molecule has 0 bridgehead atoms. The summed E-state index contributed by atoms with van der Waals surface area (Å²) in [6.45, 7) is 4.18. The molecule has 1 heterocycles. The number of thioether (sulfide) groups is 1. The number of fused-ring (bicyclic) bond motifs is 1. The minimum Gasteiger partial charge on any atom is -0.477 e. The van der Waals surface area contributed by atoms with Crippen LogP contribution in [0.15, 0.2) is 18.2 Å². The molecule has 102 valence electrons. The Morgan fingerprint density at radius 2 is 2.26 bits per heavy atom. The molecule has 0 amide bonds. The number of carboxylic acid groups (broad SMARTS) is 1. The molecule has 0 aliphatic heterocycles. The van der Waals surface area contributed by atoms with Crippen LogP contribution in [0.25, 0.3) is 10.1 Å². The van der Waals surface area contributed by atoms with Crippen molar-refractivity contribution in [1.29, 1.82) is 0 Å². The molecular weight excluding hydrogens is 283 g/mol. The van der Waals surface area contributed by atoms with Gasteiger partial charge >= 0.3 is 5.97 Å². The van der Waals surface area contributed by atoms with Crippen LogP contribution < -0.4 is 0 Å². The summed E-state index contributed by atoms with van der Waals surface area (Å²) >= 11 is 2.82. The van der Waals surface area contributed by atoms with E-state index < -0.39 is 5.97 Å². The molecule has 0 saturated heterocycles. The lowest BCUT2D eigenvalue weighted by atomic mass is 10.1. The predicted octanol–water partition coefficient (Wildman–Crippen LogP) is 4.77. The zero-order valence-corrected chi connectivity index (χ0v) is 12.4. The second kappa shape index (κ2) is 5.92. The van der Waals surface area contributed by atoms with Gasteiger partial charge in [-0.1, -0.05) is 19.9 Å². The van der Waals surface area contributed by atoms with Gasteiger partial charge in [0.25, 0.3) is 0 Å². The highest BCUT2D eigenvalue weighted by molar-refractivity contribution is 7.99. The Labute approximate surface area is 119 Å². The topological polar surface area (TPSA) is 37.3 Å². The third-order valence-corrected chi connectivity index (χ3v) is 5.59. The van der Waals surface area contributed by atoms with E-state index in [-0.39, 0.29) is 10.7 Å². The van der Waals surface area contributed by atoms with Crippen LogP contribution in [0.4, 0.5) is 4.39 Å². The molecule has 1 aromatic carbocycles. The fourth-order valence-electron chi connectivity index (χ4n) is 1.82. The van der Waals surface area contributed by atoms with E-state index in [4.69, 9.17) is 0 Å². The Bertz CT molecular complexity index is 607. The standard InChI is InChI=1S/C14H15FO2S2/c1-3-8(2)18-7-9-12-10(15)5-4-6-11(12)19-13(9)14(16)17/h4-6,8H,3,7H2,1-2H3,(H,16,17). The molecule has 5 heteroatoms. The van der Waals surface area contributed by atoms with Crippen molar-refractivity contribution in [3.05, 3.63) is 34.5 Å². The van der Waals surface area contributed by atoms with Gasteiger partial charge in [-0.25, -0.2) is 9.18 Å². The van der Waals surface area contributed by atoms with Gasteiger partial charge in [0.1, 0.15) is 10.7 Å². The van der Waals surface area contributed by atoms with E-state index in [1.165, 1.54) is 6.07 Å². The van der Waals surface area contributed by atoms with Gasteiger partial charge in [0, 0.05) is 21.1 Å². The number of hydrogen-bond donors (Lipinski definition) is 1. The van der Waals surface area contributed by atoms with Crippen molar-refractivity contribution in [2.75, 3.05) is 0 Å². The number of halogens is 1. The average Bonchev–Trinajstić information content (AvgIpc) is 2.76. The van der Waals surface area contributed by atoms with Gasteiger partial charge in [-0.3, -0.25) is 0 Å². The summed E-state index contributed by atoms with van der Waals surface area (Å²) in [5.74, 6) is -0.765. The molecule has 0 aliphatic rings. The van der Waals surface area contributed by atoms with E-state index in [0.29, 0.717) is 26.7 Å². The number of carbonyl (C=O) groups is 1. The molecular formula is C14H15FO2S2. The second-order valence-electron chi connectivity index (χ2n) is 4.36. The Morgan fingerprint density at radius 1 is 1.53 bits per heavy atom. The molecule has 0 fully saturated rings. The van der Waals surface area contributed by atoms with Crippen molar-refractivity contribution < 1.29 is 14.3 Å². The molecule has 1 atom stereocenters. The summed E-state index contributed by atoms with van der Waals surface area (Å²) in [6, 6.07) is 4.77. The van der Waals surface area contributed by atoms with Crippen molar-refractivity contribution in [1.82, 2.24) is 0 Å². The average molecular weight is 298 g/mol. The van der Waals surface area contributed by atoms with Crippen LogP contribution >= 0.6 is 23.1 Å². The summed E-state index contributed by atoms with van der Waals surface area (Å²) in [5.41, 5.74) is 0.621. The summed E-state index contributed by atoms with van der Waals surface area (Å²) < 4.78 is 14.6. The number of hydrogen-bond acceptors (Lipinski definition) is 3. The van der Waals surface area contributed by atoms with Crippen molar-refractivity contribution in [3.63, 3.8) is 0 Å². The maximum absolute atomic E-state index is 13.9. The first-order chi connectivity index (χ1) is 9.04. The van der Waals surface area contributed by atoms with E-state index in [2.05, 4.69) is 13.8 Å². The summed E-state index contributed by atoms with van der Waals surface area (Å²) in [4.78, 5) is 11.6. The SMILES string of the molecule is CCC(C)SCc1c(C(=O)O)sc2cccc(F)c12. The van der Waals surface area contributed by atoms with Crippen LogP contribution in [0.1, 0.15) is 35.5 Å². The monoisotopic (exact) mass is 298 g/mol. The normalized spacial score (nSPS) is 12.8. The molecule has 2 nitrogen and oxygen atoms in total. The van der Waals surface area contributed by atoms with Crippen LogP contribution in [0.2, 0.25) is 0 Å². The van der Waals surface area contributed by atoms with E-state index >= 15 is 0 Å². The lowest BCUT2D eigenvalue weighted by Crippen LogP contribution is -2.00. The van der Waals surface area contributed by atoms with Gasteiger partial charge in [0.2, 0.25) is 0 Å². The zero-order chi connectivity index (χ0) is 14.0. The van der Waals surface area contributed by atoms with Crippen LogP contribution in [-0.4, -0.2) is 16.3 Å². The van der Waals surface area contributed by atoms with Gasteiger partial charge in [0.15, 0.2) is 0 Å². The van der Waals surface area contributed by atoms with Crippen LogP contribution in [-0.2, 0) is 5.75 Å². The first-order valence-electron chi connectivity index (χ1n) is 6.09. The number of rotatable bonds is 5. The summed E-state index contributed by atoms with van der Waals surface area (Å²) in [6.07, 6.45) is 1.01. The number of thiophene rings is 1. The molecule has 2 aromatic rings. The Kier molecular flexibility index (Phi) is 4.47. The minimum absolute atomic E-state index is 0.260. The molecule has 1 unspecified atom stereocenters. The smallest absolute Gasteiger partial charge is 0.346 e. The van der Waals surface area contributed by atoms with Gasteiger partial charge < -0.3 is 5.11 Å². The molecule has 0 aliphatic carbocycles. The van der Waals surface area contributed by atoms with Crippen molar-refractivity contribution in [2.24, 2.45) is 0 Å². The van der Waals surface area contributed by atoms with Crippen LogP contribution in [0.5, 0.6) is 0 Å². The highest BCUT2D eigenvalue weighted by atomic mass is 32.2. The summed E-state index contributed by atoms with van der Waals surface area (Å²) in [5, 5.41) is 10.2. The molecule has 0 radical (unpaired) electrons. The van der Waals surface area contributed by atoms with Gasteiger partial charge in [-0.05, 0) is 24.1 Å². The van der Waals surface area contributed by atoms with Crippen molar-refractivity contribution in [2.45, 2.75) is 31.3 Å². The third-order valence-electron chi connectivity index (χ3n) is 3.04. The number of carboxylic acids is 1. The largest absolute Gasteiger partial charge is 0.477 e. The second-order valence-corrected chi connectivity index (χ2v) is 6.84. The van der Waals surface area contributed by atoms with Crippen LogP contribution in [0.3, 0.4) is 0 Å². The van der Waals surface area contributed by atoms with Crippen molar-refractivity contribution >= 4 is 39.2 Å². The molecule has 0 saturated carbocycles. The molecule has 0 spiro atoms. The number of aromatic carboxylic acids is 1. The van der Waals surface area contributed by atoms with E-state index in [1.54, 1.807) is 23.9 Å². The Hall–Kier alpha value is -1.07. The summed E-state index contributed by atoms with van der Waals surface area (Å²) in [7, 11) is 0. The highest BCUT2D eigenvalue weighted by Crippen LogP contribution is 2.36. The fourth-order valence-corrected chi connectivity index (χ4v) is 3.96. The molecule has 19 heavy (non-hydrogen) atoms. The zero-order valence-electron chi connectivity index (χ0n) is 10.8. The van der Waals surface area contributed by atoms with Gasteiger partial charge in [-0.15, -0.1) is 11.3 Å². The third kappa shape index (κ3) is 2.92. The minimum atomic E-state index is -0.972. The van der Waals surface area contributed by atoms with Gasteiger partial charge in [0.05, 0.1) is 0 Å². The van der Waals surface area contributed by atoms with E-state index in [9.17, 15) is 14.3 Å². The molecule has 1 aromatic heterocycles. The van der Waals surface area contributed by atoms with E-state index in [0.717, 1.165) is 17.8 Å². The first kappa shape index (κ1) is 14.3. The Balaban J connectivity index is 2.48. The maximum Gasteiger partial charge on any atom is 0.346 e. The molecule has 2 rings (SSSR count). The van der Waals surface area contributed by atoms with Crippen molar-refractivity contribution in [3.8, 4) is 0 Å². The quantitative estimate of drug-likeness (QED) is 0.864. The lowest BCUT2D eigenvalue weighted by molar-refractivity contribution is 0.0701. The van der Waals surface area contributed by atoms with E-state index in [1.807, 2.05) is 0 Å². The lowest BCUT2D eigenvalue weighted by Gasteiger charge is -2.08. The highest BCUT2D eigenvalue weighted by Gasteiger charge is 2.20. The van der Waals surface area contributed by atoms with Gasteiger partial charge in [-0.2, -0.15) is 11.8 Å². The van der Waals surface area contributed by atoms with Crippen LogP contribution in [0, 0.1) is 5.82 Å².